The highest BCUT2D eigenvalue weighted by Gasteiger charge is 2.06. The first-order valence-electron chi connectivity index (χ1n) is 8.21. The molecular weight excluding hydrogens is 386 g/mol. The summed E-state index contributed by atoms with van der Waals surface area (Å²) in [6.45, 7) is -0.669. The number of anilines is 1. The molecule has 1 amide bonds. The first-order chi connectivity index (χ1) is 13.3. The van der Waals surface area contributed by atoms with Crippen LogP contribution in [0, 0.1) is 0 Å². The van der Waals surface area contributed by atoms with Crippen LogP contribution in [0.2, 0.25) is 5.02 Å². The zero-order valence-electron chi connectivity index (χ0n) is 15.4. The number of hydrazone groups is 1. The number of ether oxygens (including phenoxy) is 2. The Hall–Kier alpha value is -3.26. The second kappa shape index (κ2) is 10.2. The average Bonchev–Trinajstić information content (AvgIpc) is 2.66. The predicted molar refractivity (Wildman–Crippen MR) is 107 cm³/mol. The molecule has 2 aromatic carbocycles. The van der Waals surface area contributed by atoms with Crippen molar-refractivity contribution in [2.75, 3.05) is 32.2 Å². The molecule has 2 N–H and O–H groups in total. The first kappa shape index (κ1) is 21.0. The lowest BCUT2D eigenvalue weighted by Crippen LogP contribution is -2.24. The molecule has 0 aliphatic carbocycles. The van der Waals surface area contributed by atoms with Crippen LogP contribution in [0.15, 0.2) is 47.6 Å². The fourth-order valence-electron chi connectivity index (χ4n) is 2.07. The van der Waals surface area contributed by atoms with Gasteiger partial charge in [0.1, 0.15) is 11.5 Å². The summed E-state index contributed by atoms with van der Waals surface area (Å²) in [6.07, 6.45) is 1.40. The summed E-state index contributed by atoms with van der Waals surface area (Å²) in [5, 5.41) is 12.7. The van der Waals surface area contributed by atoms with Gasteiger partial charge in [0.25, 0.3) is 5.91 Å². The quantitative estimate of drug-likeness (QED) is 0.491. The Morgan fingerprint density at radius 3 is 2.64 bits per heavy atom. The zero-order valence-corrected chi connectivity index (χ0v) is 16.1. The van der Waals surface area contributed by atoms with Crippen molar-refractivity contribution >= 4 is 35.4 Å². The molecule has 0 aromatic heterocycles. The summed E-state index contributed by atoms with van der Waals surface area (Å²) >= 11 is 6.02. The fourth-order valence-corrected chi connectivity index (χ4v) is 2.31. The Balaban J connectivity index is 1.83. The molecule has 9 heteroatoms. The predicted octanol–water partition coefficient (Wildman–Crippen LogP) is 2.40. The van der Waals surface area contributed by atoms with Gasteiger partial charge < -0.3 is 19.5 Å². The lowest BCUT2D eigenvalue weighted by atomic mass is 10.2. The van der Waals surface area contributed by atoms with E-state index in [9.17, 15) is 9.59 Å². The van der Waals surface area contributed by atoms with Crippen molar-refractivity contribution in [3.63, 3.8) is 0 Å². The topological polar surface area (TPSA) is 100 Å². The lowest BCUT2D eigenvalue weighted by Gasteiger charge is -2.13. The van der Waals surface area contributed by atoms with E-state index in [4.69, 9.17) is 26.2 Å². The molecule has 2 rings (SSSR count). The van der Waals surface area contributed by atoms with Crippen LogP contribution in [0.5, 0.6) is 11.5 Å². The maximum Gasteiger partial charge on any atom is 0.341 e. The van der Waals surface area contributed by atoms with Crippen LogP contribution in [0.25, 0.3) is 0 Å². The van der Waals surface area contributed by atoms with Crippen LogP contribution in [0.4, 0.5) is 5.69 Å². The number of halogens is 1. The van der Waals surface area contributed by atoms with Gasteiger partial charge >= 0.3 is 5.97 Å². The van der Waals surface area contributed by atoms with Crippen LogP contribution in [-0.4, -0.2) is 50.5 Å². The van der Waals surface area contributed by atoms with Crippen molar-refractivity contribution in [1.29, 1.82) is 0 Å². The van der Waals surface area contributed by atoms with E-state index in [1.165, 1.54) is 18.3 Å². The second-order valence-corrected chi connectivity index (χ2v) is 6.25. The maximum atomic E-state index is 11.8. The molecule has 28 heavy (non-hydrogen) atoms. The van der Waals surface area contributed by atoms with Crippen LogP contribution in [0.3, 0.4) is 0 Å². The molecule has 0 spiro atoms. The molecule has 0 aliphatic rings. The van der Waals surface area contributed by atoms with Gasteiger partial charge in [-0.1, -0.05) is 17.7 Å². The normalized spacial score (nSPS) is 10.5. The SMILES string of the molecule is CN(C)c1cccc(OCC(=O)N/N=C/c2ccc(OCC(=O)O)c(Cl)c2)c1. The molecule has 8 nitrogen and oxygen atoms in total. The molecule has 0 radical (unpaired) electrons. The molecule has 0 saturated heterocycles. The Labute approximate surface area is 167 Å². The summed E-state index contributed by atoms with van der Waals surface area (Å²) in [4.78, 5) is 24.3. The second-order valence-electron chi connectivity index (χ2n) is 5.85. The van der Waals surface area contributed by atoms with Gasteiger partial charge in [-0.15, -0.1) is 0 Å². The molecule has 0 heterocycles. The number of aliphatic carboxylic acids is 1. The van der Waals surface area contributed by atoms with E-state index in [0.29, 0.717) is 11.3 Å². The minimum atomic E-state index is -1.10. The van der Waals surface area contributed by atoms with Gasteiger partial charge in [-0.05, 0) is 35.9 Å². The van der Waals surface area contributed by atoms with Gasteiger partial charge in [-0.3, -0.25) is 4.79 Å². The molecular formula is C19H20ClN3O5. The number of hydrogen-bond acceptors (Lipinski definition) is 6. The van der Waals surface area contributed by atoms with E-state index in [-0.39, 0.29) is 17.4 Å². The molecule has 0 aliphatic heterocycles. The largest absolute Gasteiger partial charge is 0.484 e. The smallest absolute Gasteiger partial charge is 0.341 e. The first-order valence-corrected chi connectivity index (χ1v) is 8.59. The molecule has 0 bridgehead atoms. The number of nitrogens with one attached hydrogen (secondary N) is 1. The van der Waals surface area contributed by atoms with E-state index in [1.54, 1.807) is 12.1 Å². The van der Waals surface area contributed by atoms with Gasteiger partial charge in [0.2, 0.25) is 0 Å². The van der Waals surface area contributed by atoms with Crippen LogP contribution in [-0.2, 0) is 9.59 Å². The van der Waals surface area contributed by atoms with Gasteiger partial charge in [0.15, 0.2) is 13.2 Å². The maximum absolute atomic E-state index is 11.8. The third-order valence-corrected chi connectivity index (χ3v) is 3.71. The molecule has 0 saturated carbocycles. The Kier molecular flexibility index (Phi) is 7.65. The van der Waals surface area contributed by atoms with Crippen LogP contribution < -0.4 is 19.8 Å². The molecule has 148 valence electrons. The molecule has 0 fully saturated rings. The summed E-state index contributed by atoms with van der Waals surface area (Å²) in [6, 6.07) is 12.1. The van der Waals surface area contributed by atoms with Crippen molar-refractivity contribution in [2.45, 2.75) is 0 Å². The minimum absolute atomic E-state index is 0.184. The van der Waals surface area contributed by atoms with Gasteiger partial charge in [-0.25, -0.2) is 10.2 Å². The zero-order chi connectivity index (χ0) is 20.5. The highest BCUT2D eigenvalue weighted by atomic mass is 35.5. The number of nitrogens with zero attached hydrogens (tertiary/aromatic N) is 2. The highest BCUT2D eigenvalue weighted by Crippen LogP contribution is 2.24. The molecule has 2 aromatic rings. The van der Waals surface area contributed by atoms with E-state index in [1.807, 2.05) is 37.2 Å². The number of amides is 1. The monoisotopic (exact) mass is 405 g/mol. The Morgan fingerprint density at radius 1 is 1.18 bits per heavy atom. The number of hydrogen-bond donors (Lipinski definition) is 2. The third kappa shape index (κ3) is 6.81. The van der Waals surface area contributed by atoms with E-state index >= 15 is 0 Å². The minimum Gasteiger partial charge on any atom is -0.484 e. The lowest BCUT2D eigenvalue weighted by molar-refractivity contribution is -0.139. The number of carbonyl (C=O) groups excluding carboxylic acids is 1. The van der Waals surface area contributed by atoms with Crippen LogP contribution in [0.1, 0.15) is 5.56 Å². The number of carbonyl (C=O) groups is 2. The summed E-state index contributed by atoms with van der Waals surface area (Å²) in [7, 11) is 3.83. The average molecular weight is 406 g/mol. The molecule has 0 atom stereocenters. The van der Waals surface area contributed by atoms with Crippen molar-refractivity contribution in [1.82, 2.24) is 5.43 Å². The third-order valence-electron chi connectivity index (χ3n) is 3.41. The number of benzene rings is 2. The standard InChI is InChI=1S/C19H20ClN3O5/c1-23(2)14-4-3-5-15(9-14)27-11-18(24)22-21-10-13-6-7-17(16(20)8-13)28-12-19(25)26/h3-10H,11-12H2,1-2H3,(H,22,24)(H,25,26)/b21-10+. The van der Waals surface area contributed by atoms with E-state index in [2.05, 4.69) is 10.5 Å². The fraction of sp³-hybridized carbons (Fsp3) is 0.211. The highest BCUT2D eigenvalue weighted by molar-refractivity contribution is 6.32. The Morgan fingerprint density at radius 2 is 1.96 bits per heavy atom. The number of carboxylic acid groups (broad SMARTS) is 1. The van der Waals surface area contributed by atoms with Gasteiger partial charge in [0.05, 0.1) is 11.2 Å². The number of carboxylic acids is 1. The van der Waals surface area contributed by atoms with Crippen molar-refractivity contribution in [3.8, 4) is 11.5 Å². The van der Waals surface area contributed by atoms with Gasteiger partial charge in [-0.2, -0.15) is 5.10 Å². The van der Waals surface area contributed by atoms with Crippen molar-refractivity contribution in [2.24, 2.45) is 5.10 Å². The summed E-state index contributed by atoms with van der Waals surface area (Å²) in [5.74, 6) is -0.688. The van der Waals surface area contributed by atoms with Gasteiger partial charge in [0, 0.05) is 25.8 Å². The van der Waals surface area contributed by atoms with Crippen molar-refractivity contribution < 1.29 is 24.2 Å². The summed E-state index contributed by atoms with van der Waals surface area (Å²) < 4.78 is 10.5. The number of rotatable bonds is 9. The summed E-state index contributed by atoms with van der Waals surface area (Å²) in [5.41, 5.74) is 3.92. The Bertz CT molecular complexity index is 870. The molecule has 0 unspecified atom stereocenters. The van der Waals surface area contributed by atoms with Crippen molar-refractivity contribution in [3.05, 3.63) is 53.1 Å². The van der Waals surface area contributed by atoms with Crippen LogP contribution >= 0.6 is 11.6 Å². The van der Waals surface area contributed by atoms with E-state index < -0.39 is 18.5 Å². The van der Waals surface area contributed by atoms with E-state index in [0.717, 1.165) is 5.69 Å².